The highest BCUT2D eigenvalue weighted by Gasteiger charge is 2.17. The quantitative estimate of drug-likeness (QED) is 0.552. The molecule has 8 heteroatoms. The van der Waals surface area contributed by atoms with Crippen molar-refractivity contribution < 1.29 is 39.6 Å². The number of hydrogen-bond donors (Lipinski definition) is 4. The number of rotatable bonds is 8. The van der Waals surface area contributed by atoms with Crippen LogP contribution < -0.4 is 0 Å². The van der Waals surface area contributed by atoms with E-state index in [9.17, 15) is 19.2 Å². The molecule has 0 unspecified atom stereocenters. The molecule has 0 aromatic heterocycles. The van der Waals surface area contributed by atoms with Crippen LogP contribution in [0.25, 0.3) is 0 Å². The molecule has 27 heavy (non-hydrogen) atoms. The molecule has 0 bridgehead atoms. The van der Waals surface area contributed by atoms with Crippen molar-refractivity contribution in [3.8, 4) is 0 Å². The van der Waals surface area contributed by atoms with Crippen molar-refractivity contribution in [2.75, 3.05) is 0 Å². The van der Waals surface area contributed by atoms with Gasteiger partial charge in [-0.1, -0.05) is 12.1 Å². The average Bonchev–Trinajstić information content (AvgIpc) is 2.61. The van der Waals surface area contributed by atoms with E-state index in [0.29, 0.717) is 30.4 Å². The smallest absolute Gasteiger partial charge is 0.336 e. The fourth-order valence-electron chi connectivity index (χ4n) is 2.72. The second kappa shape index (κ2) is 8.13. The maximum atomic E-state index is 11.2. The molecule has 8 nitrogen and oxygen atoms in total. The Kier molecular flexibility index (Phi) is 5.92. The van der Waals surface area contributed by atoms with Crippen LogP contribution in [-0.2, 0) is 12.8 Å². The van der Waals surface area contributed by atoms with Crippen molar-refractivity contribution in [3.05, 3.63) is 69.8 Å². The standard InChI is InChI=1S/C19H16O8/c20-16(21)12-6-4-10(8-14(12)18(24)25)2-1-3-11-5-7-13(17(22)23)15(9-11)19(26)27/h4-9H,1-3H2,(H,20,21)(H,22,23)(H,24,25)(H,26,27). The minimum atomic E-state index is -1.33. The zero-order valence-electron chi connectivity index (χ0n) is 14.0. The van der Waals surface area contributed by atoms with Gasteiger partial charge in [-0.3, -0.25) is 0 Å². The van der Waals surface area contributed by atoms with Crippen molar-refractivity contribution in [1.29, 1.82) is 0 Å². The van der Waals surface area contributed by atoms with E-state index < -0.39 is 23.9 Å². The number of benzene rings is 2. The Hall–Kier alpha value is -3.68. The third kappa shape index (κ3) is 4.69. The van der Waals surface area contributed by atoms with E-state index in [1.165, 1.54) is 36.4 Å². The molecule has 4 N–H and O–H groups in total. The summed E-state index contributed by atoms with van der Waals surface area (Å²) < 4.78 is 0. The highest BCUT2D eigenvalue weighted by atomic mass is 16.4. The SMILES string of the molecule is O=C(O)c1ccc(CCCc2ccc(C(=O)O)c(C(=O)O)c2)cc1C(=O)O. The number of carboxylic acid groups (broad SMARTS) is 4. The summed E-state index contributed by atoms with van der Waals surface area (Å²) in [6, 6.07) is 8.17. The zero-order chi connectivity index (χ0) is 20.1. The first-order chi connectivity index (χ1) is 12.7. The average molecular weight is 372 g/mol. The Morgan fingerprint density at radius 2 is 0.889 bits per heavy atom. The second-order valence-corrected chi connectivity index (χ2v) is 5.83. The zero-order valence-corrected chi connectivity index (χ0v) is 14.0. The Balaban J connectivity index is 2.13. The van der Waals surface area contributed by atoms with E-state index in [1.807, 2.05) is 0 Å². The largest absolute Gasteiger partial charge is 0.478 e. The van der Waals surface area contributed by atoms with E-state index in [4.69, 9.17) is 20.4 Å². The number of aryl methyl sites for hydroxylation is 2. The van der Waals surface area contributed by atoms with Gasteiger partial charge < -0.3 is 20.4 Å². The summed E-state index contributed by atoms with van der Waals surface area (Å²) >= 11 is 0. The van der Waals surface area contributed by atoms with Crippen LogP contribution in [0.1, 0.15) is 59.0 Å². The third-order valence-corrected chi connectivity index (χ3v) is 4.02. The fourth-order valence-corrected chi connectivity index (χ4v) is 2.72. The summed E-state index contributed by atoms with van der Waals surface area (Å²) in [4.78, 5) is 44.5. The molecule has 140 valence electrons. The van der Waals surface area contributed by atoms with E-state index >= 15 is 0 Å². The first kappa shape index (κ1) is 19.6. The molecule has 0 aliphatic heterocycles. The molecule has 0 spiro atoms. The van der Waals surface area contributed by atoms with Crippen molar-refractivity contribution in [2.45, 2.75) is 19.3 Å². The fraction of sp³-hybridized carbons (Fsp3) is 0.158. The van der Waals surface area contributed by atoms with Gasteiger partial charge in [-0.15, -0.1) is 0 Å². The summed E-state index contributed by atoms with van der Waals surface area (Å²) in [7, 11) is 0. The van der Waals surface area contributed by atoms with E-state index in [0.717, 1.165) is 0 Å². The summed E-state index contributed by atoms with van der Waals surface area (Å²) in [5.74, 6) is -5.30. The molecule has 0 saturated heterocycles. The molecule has 0 fully saturated rings. The van der Waals surface area contributed by atoms with E-state index in [-0.39, 0.29) is 22.3 Å². The van der Waals surface area contributed by atoms with E-state index in [1.54, 1.807) is 0 Å². The lowest BCUT2D eigenvalue weighted by molar-refractivity contribution is 0.0651. The van der Waals surface area contributed by atoms with Crippen LogP contribution in [0.3, 0.4) is 0 Å². The normalized spacial score (nSPS) is 10.4. The first-order valence-corrected chi connectivity index (χ1v) is 7.89. The number of carboxylic acids is 4. The third-order valence-electron chi connectivity index (χ3n) is 4.02. The predicted octanol–water partition coefficient (Wildman–Crippen LogP) is 2.65. The van der Waals surface area contributed by atoms with Gasteiger partial charge in [0.1, 0.15) is 0 Å². The molecule has 0 heterocycles. The van der Waals surface area contributed by atoms with Crippen LogP contribution >= 0.6 is 0 Å². The van der Waals surface area contributed by atoms with Crippen LogP contribution in [0.2, 0.25) is 0 Å². The Morgan fingerprint density at radius 1 is 0.556 bits per heavy atom. The van der Waals surface area contributed by atoms with Crippen molar-refractivity contribution >= 4 is 23.9 Å². The second-order valence-electron chi connectivity index (χ2n) is 5.83. The van der Waals surface area contributed by atoms with Gasteiger partial charge in [-0.25, -0.2) is 19.2 Å². The van der Waals surface area contributed by atoms with Gasteiger partial charge in [0.2, 0.25) is 0 Å². The van der Waals surface area contributed by atoms with Gasteiger partial charge in [0, 0.05) is 0 Å². The highest BCUT2D eigenvalue weighted by molar-refractivity contribution is 6.02. The van der Waals surface area contributed by atoms with Gasteiger partial charge in [-0.2, -0.15) is 0 Å². The van der Waals surface area contributed by atoms with Gasteiger partial charge in [-0.05, 0) is 54.7 Å². The summed E-state index contributed by atoms with van der Waals surface area (Å²) in [5.41, 5.74) is 0.109. The minimum Gasteiger partial charge on any atom is -0.478 e. The van der Waals surface area contributed by atoms with Crippen LogP contribution in [-0.4, -0.2) is 44.3 Å². The van der Waals surface area contributed by atoms with Gasteiger partial charge in [0.15, 0.2) is 0 Å². The Morgan fingerprint density at radius 3 is 1.19 bits per heavy atom. The molecule has 0 aliphatic carbocycles. The molecule has 2 aromatic carbocycles. The van der Waals surface area contributed by atoms with Crippen molar-refractivity contribution in [2.24, 2.45) is 0 Å². The lowest BCUT2D eigenvalue weighted by Gasteiger charge is -2.08. The molecule has 2 aromatic rings. The number of hydrogen-bond acceptors (Lipinski definition) is 4. The monoisotopic (exact) mass is 372 g/mol. The maximum Gasteiger partial charge on any atom is 0.336 e. The Bertz CT molecular complexity index is 854. The predicted molar refractivity (Wildman–Crippen MR) is 92.7 cm³/mol. The molecule has 0 atom stereocenters. The Labute approximate surface area is 153 Å². The van der Waals surface area contributed by atoms with Gasteiger partial charge >= 0.3 is 23.9 Å². The lowest BCUT2D eigenvalue weighted by Crippen LogP contribution is -2.09. The molecule has 0 radical (unpaired) electrons. The molecule has 0 aliphatic rings. The number of aromatic carboxylic acids is 4. The van der Waals surface area contributed by atoms with Gasteiger partial charge in [0.05, 0.1) is 22.3 Å². The molecule has 0 saturated carbocycles. The lowest BCUT2D eigenvalue weighted by atomic mass is 9.97. The van der Waals surface area contributed by atoms with E-state index in [2.05, 4.69) is 0 Å². The topological polar surface area (TPSA) is 149 Å². The molecular weight excluding hydrogens is 356 g/mol. The first-order valence-electron chi connectivity index (χ1n) is 7.89. The molecule has 0 amide bonds. The van der Waals surface area contributed by atoms with Gasteiger partial charge in [0.25, 0.3) is 0 Å². The number of carbonyl (C=O) groups is 4. The minimum absolute atomic E-state index is 0.290. The van der Waals surface area contributed by atoms with Crippen LogP contribution in [0.4, 0.5) is 0 Å². The van der Waals surface area contributed by atoms with Crippen LogP contribution in [0, 0.1) is 0 Å². The summed E-state index contributed by atoms with van der Waals surface area (Å²) in [5, 5.41) is 36.3. The molecular formula is C19H16O8. The van der Waals surface area contributed by atoms with Crippen LogP contribution in [0.15, 0.2) is 36.4 Å². The van der Waals surface area contributed by atoms with Crippen LogP contribution in [0.5, 0.6) is 0 Å². The van der Waals surface area contributed by atoms with Crippen molar-refractivity contribution in [1.82, 2.24) is 0 Å². The highest BCUT2D eigenvalue weighted by Crippen LogP contribution is 2.17. The summed E-state index contributed by atoms with van der Waals surface area (Å²) in [6.45, 7) is 0. The summed E-state index contributed by atoms with van der Waals surface area (Å²) in [6.07, 6.45) is 1.43. The van der Waals surface area contributed by atoms with Crippen molar-refractivity contribution in [3.63, 3.8) is 0 Å². The molecule has 2 rings (SSSR count). The maximum absolute atomic E-state index is 11.2.